The minimum Gasteiger partial charge on any atom is -0.463 e. The Kier molecular flexibility index (Phi) is 4.15. The van der Waals surface area contributed by atoms with Gasteiger partial charge in [0.1, 0.15) is 17.6 Å². The summed E-state index contributed by atoms with van der Waals surface area (Å²) < 4.78 is 10.3. The number of carbonyl (C=O) groups excluding carboxylic acids is 1. The highest BCUT2D eigenvalue weighted by atomic mass is 16.6. The normalized spacial score (nSPS) is 10.8. The van der Waals surface area contributed by atoms with Crippen molar-refractivity contribution >= 4 is 23.3 Å². The number of amides is 1. The SMILES string of the molecule is O=C(N/N=C/c1coc2ccccc2c1=O)Oc1ccccc1. The van der Waals surface area contributed by atoms with Crippen LogP contribution in [0.2, 0.25) is 0 Å². The summed E-state index contributed by atoms with van der Waals surface area (Å²) in [5.74, 6) is 0.394. The maximum absolute atomic E-state index is 12.2. The van der Waals surface area contributed by atoms with Crippen LogP contribution in [-0.4, -0.2) is 12.3 Å². The van der Waals surface area contributed by atoms with Crippen molar-refractivity contribution in [3.8, 4) is 5.75 Å². The van der Waals surface area contributed by atoms with Gasteiger partial charge in [0, 0.05) is 0 Å². The smallest absolute Gasteiger partial charge is 0.433 e. The molecule has 0 unspecified atom stereocenters. The molecular formula is C17H12N2O4. The van der Waals surface area contributed by atoms with Crippen LogP contribution in [0.1, 0.15) is 5.56 Å². The minimum absolute atomic E-state index is 0.226. The number of ether oxygens (including phenoxy) is 1. The largest absolute Gasteiger partial charge is 0.463 e. The molecule has 0 saturated heterocycles. The summed E-state index contributed by atoms with van der Waals surface area (Å²) in [7, 11) is 0. The van der Waals surface area contributed by atoms with Crippen LogP contribution in [0, 0.1) is 0 Å². The third-order valence-corrected chi connectivity index (χ3v) is 3.02. The third-order valence-electron chi connectivity index (χ3n) is 3.02. The van der Waals surface area contributed by atoms with Gasteiger partial charge in [-0.3, -0.25) is 4.79 Å². The van der Waals surface area contributed by atoms with E-state index in [1.807, 2.05) is 6.07 Å². The molecule has 0 aliphatic rings. The number of nitrogens with zero attached hydrogens (tertiary/aromatic N) is 1. The number of rotatable bonds is 3. The van der Waals surface area contributed by atoms with Gasteiger partial charge in [0.25, 0.3) is 0 Å². The summed E-state index contributed by atoms with van der Waals surface area (Å²) in [5.41, 5.74) is 2.67. The fraction of sp³-hybridized carbons (Fsp3) is 0. The van der Waals surface area contributed by atoms with Gasteiger partial charge >= 0.3 is 6.09 Å². The van der Waals surface area contributed by atoms with Crippen molar-refractivity contribution in [3.05, 3.63) is 76.6 Å². The number of carbonyl (C=O) groups is 1. The first-order chi connectivity index (χ1) is 11.2. The zero-order chi connectivity index (χ0) is 16.1. The van der Waals surface area contributed by atoms with Crippen LogP contribution >= 0.6 is 0 Å². The Morgan fingerprint density at radius 2 is 1.83 bits per heavy atom. The van der Waals surface area contributed by atoms with Gasteiger partial charge in [-0.1, -0.05) is 30.3 Å². The number of nitrogens with one attached hydrogen (secondary N) is 1. The van der Waals surface area contributed by atoms with E-state index in [1.165, 1.54) is 12.5 Å². The molecule has 1 N–H and O–H groups in total. The predicted molar refractivity (Wildman–Crippen MR) is 85.7 cm³/mol. The summed E-state index contributed by atoms with van der Waals surface area (Å²) in [5, 5.41) is 4.14. The third kappa shape index (κ3) is 3.44. The molecule has 23 heavy (non-hydrogen) atoms. The summed E-state index contributed by atoms with van der Waals surface area (Å²) in [6, 6.07) is 15.5. The Morgan fingerprint density at radius 1 is 1.09 bits per heavy atom. The average Bonchev–Trinajstić information content (AvgIpc) is 2.58. The van der Waals surface area contributed by atoms with Crippen LogP contribution in [0.15, 0.2) is 75.2 Å². The summed E-state index contributed by atoms with van der Waals surface area (Å²) in [6.45, 7) is 0. The molecule has 2 aromatic carbocycles. The fourth-order valence-electron chi connectivity index (χ4n) is 1.95. The fourth-order valence-corrected chi connectivity index (χ4v) is 1.95. The Bertz CT molecular complexity index is 917. The maximum atomic E-state index is 12.2. The van der Waals surface area contributed by atoms with Crippen molar-refractivity contribution in [2.45, 2.75) is 0 Å². The lowest BCUT2D eigenvalue weighted by molar-refractivity contribution is 0.201. The van der Waals surface area contributed by atoms with E-state index in [0.29, 0.717) is 16.7 Å². The predicted octanol–water partition coefficient (Wildman–Crippen LogP) is 2.92. The van der Waals surface area contributed by atoms with Crippen LogP contribution in [-0.2, 0) is 0 Å². The molecule has 0 aliphatic heterocycles. The number of benzene rings is 2. The molecular weight excluding hydrogens is 296 g/mol. The van der Waals surface area contributed by atoms with Crippen molar-refractivity contribution in [1.29, 1.82) is 0 Å². The van der Waals surface area contributed by atoms with Gasteiger partial charge in [-0.05, 0) is 24.3 Å². The maximum Gasteiger partial charge on any atom is 0.433 e. The van der Waals surface area contributed by atoms with Gasteiger partial charge in [-0.15, -0.1) is 0 Å². The van der Waals surface area contributed by atoms with Crippen LogP contribution in [0.25, 0.3) is 11.0 Å². The summed E-state index contributed by atoms with van der Waals surface area (Å²) >= 11 is 0. The van der Waals surface area contributed by atoms with Crippen LogP contribution in [0.3, 0.4) is 0 Å². The first-order valence-corrected chi connectivity index (χ1v) is 6.80. The van der Waals surface area contributed by atoms with E-state index in [-0.39, 0.29) is 11.0 Å². The highest BCUT2D eigenvalue weighted by molar-refractivity contribution is 5.86. The van der Waals surface area contributed by atoms with Crippen molar-refractivity contribution in [2.24, 2.45) is 5.10 Å². The first-order valence-electron chi connectivity index (χ1n) is 6.80. The first kappa shape index (κ1) is 14.5. The number of para-hydroxylation sites is 2. The van der Waals surface area contributed by atoms with E-state index in [4.69, 9.17) is 9.15 Å². The van der Waals surface area contributed by atoms with Crippen molar-refractivity contribution in [1.82, 2.24) is 5.43 Å². The molecule has 3 aromatic rings. The van der Waals surface area contributed by atoms with Crippen LogP contribution in [0.5, 0.6) is 5.75 Å². The molecule has 1 aromatic heterocycles. The quantitative estimate of drug-likeness (QED) is 0.596. The number of hydrogen-bond acceptors (Lipinski definition) is 5. The molecule has 1 heterocycles. The second-order valence-corrected chi connectivity index (χ2v) is 4.59. The Morgan fingerprint density at radius 3 is 2.65 bits per heavy atom. The Hall–Kier alpha value is -3.41. The molecule has 114 valence electrons. The summed E-state index contributed by atoms with van der Waals surface area (Å²) in [6.07, 6.45) is 1.75. The molecule has 6 nitrogen and oxygen atoms in total. The topological polar surface area (TPSA) is 80.9 Å². The highest BCUT2D eigenvalue weighted by Crippen LogP contribution is 2.10. The second-order valence-electron chi connectivity index (χ2n) is 4.59. The summed E-state index contributed by atoms with van der Waals surface area (Å²) in [4.78, 5) is 23.8. The van der Waals surface area contributed by atoms with Gasteiger partial charge in [0.05, 0.1) is 17.2 Å². The van der Waals surface area contributed by atoms with Gasteiger partial charge in [0.15, 0.2) is 0 Å². The standard InChI is InChI=1S/C17H12N2O4/c20-16-12(11-22-15-9-5-4-8-14(15)16)10-18-19-17(21)23-13-6-2-1-3-7-13/h1-11H,(H,19,21)/b18-10+. The van der Waals surface area contributed by atoms with E-state index < -0.39 is 6.09 Å². The lowest BCUT2D eigenvalue weighted by atomic mass is 10.2. The monoisotopic (exact) mass is 308 g/mol. The zero-order valence-electron chi connectivity index (χ0n) is 11.9. The van der Waals surface area contributed by atoms with Gasteiger partial charge < -0.3 is 9.15 Å². The van der Waals surface area contributed by atoms with Crippen LogP contribution < -0.4 is 15.6 Å². The molecule has 0 radical (unpaired) electrons. The number of hydrazone groups is 1. The average molecular weight is 308 g/mol. The van der Waals surface area contributed by atoms with Crippen molar-refractivity contribution in [3.63, 3.8) is 0 Å². The van der Waals surface area contributed by atoms with Crippen molar-refractivity contribution < 1.29 is 13.9 Å². The Balaban J connectivity index is 1.70. The lowest BCUT2D eigenvalue weighted by Crippen LogP contribution is -2.22. The van der Waals surface area contributed by atoms with E-state index in [2.05, 4.69) is 10.5 Å². The van der Waals surface area contributed by atoms with E-state index in [1.54, 1.807) is 48.5 Å². The molecule has 0 atom stereocenters. The molecule has 0 fully saturated rings. The number of hydrogen-bond donors (Lipinski definition) is 1. The molecule has 0 saturated carbocycles. The van der Waals surface area contributed by atoms with Crippen molar-refractivity contribution in [2.75, 3.05) is 0 Å². The van der Waals surface area contributed by atoms with Gasteiger partial charge in [-0.2, -0.15) is 5.10 Å². The van der Waals surface area contributed by atoms with Crippen LogP contribution in [0.4, 0.5) is 4.79 Å². The molecule has 1 amide bonds. The second kappa shape index (κ2) is 6.57. The highest BCUT2D eigenvalue weighted by Gasteiger charge is 2.05. The number of fused-ring (bicyclic) bond motifs is 1. The lowest BCUT2D eigenvalue weighted by Gasteiger charge is -2.02. The van der Waals surface area contributed by atoms with E-state index in [0.717, 1.165) is 0 Å². The van der Waals surface area contributed by atoms with Gasteiger partial charge in [-0.25, -0.2) is 10.2 Å². The molecule has 6 heteroatoms. The Labute approximate surface area is 131 Å². The molecule has 3 rings (SSSR count). The van der Waals surface area contributed by atoms with Gasteiger partial charge in [0.2, 0.25) is 5.43 Å². The van der Waals surface area contributed by atoms with E-state index in [9.17, 15) is 9.59 Å². The molecule has 0 bridgehead atoms. The molecule has 0 aliphatic carbocycles. The minimum atomic E-state index is -0.752. The van der Waals surface area contributed by atoms with E-state index >= 15 is 0 Å². The molecule has 0 spiro atoms. The zero-order valence-corrected chi connectivity index (χ0v) is 11.9.